The van der Waals surface area contributed by atoms with Gasteiger partial charge in [-0.05, 0) is 55.8 Å². The number of hydrogen-bond donors (Lipinski definition) is 0. The van der Waals surface area contributed by atoms with Gasteiger partial charge in [0.25, 0.3) is 0 Å². The van der Waals surface area contributed by atoms with E-state index in [1.807, 2.05) is 43.0 Å². The highest BCUT2D eigenvalue weighted by Gasteiger charge is 2.11. The van der Waals surface area contributed by atoms with Crippen LogP contribution in [-0.4, -0.2) is 31.9 Å². The summed E-state index contributed by atoms with van der Waals surface area (Å²) in [5, 5.41) is 0.584. The van der Waals surface area contributed by atoms with Gasteiger partial charge in [-0.25, -0.2) is 9.38 Å². The van der Waals surface area contributed by atoms with E-state index in [1.54, 1.807) is 18.5 Å². The second kappa shape index (κ2) is 7.47. The van der Waals surface area contributed by atoms with Gasteiger partial charge in [-0.2, -0.15) is 0 Å². The zero-order valence-corrected chi connectivity index (χ0v) is 14.6. The van der Waals surface area contributed by atoms with Crippen LogP contribution in [0.2, 0.25) is 5.02 Å². The van der Waals surface area contributed by atoms with E-state index in [2.05, 4.69) is 11.9 Å². The SMILES string of the molecule is CCN(C)C=Nc1cc(C)c(N(C)c2ccc(F)cc2)cc1Cl. The molecule has 0 bridgehead atoms. The van der Waals surface area contributed by atoms with Crippen LogP contribution >= 0.6 is 11.6 Å². The highest BCUT2D eigenvalue weighted by Crippen LogP contribution is 2.35. The molecule has 23 heavy (non-hydrogen) atoms. The first-order valence-corrected chi connectivity index (χ1v) is 7.84. The fraction of sp³-hybridized carbons (Fsp3) is 0.278. The molecule has 0 saturated heterocycles. The van der Waals surface area contributed by atoms with E-state index in [9.17, 15) is 4.39 Å². The van der Waals surface area contributed by atoms with E-state index >= 15 is 0 Å². The lowest BCUT2D eigenvalue weighted by molar-refractivity contribution is 0.552. The van der Waals surface area contributed by atoms with Gasteiger partial charge in [0, 0.05) is 32.0 Å². The number of rotatable bonds is 5. The number of hydrogen-bond acceptors (Lipinski definition) is 2. The zero-order chi connectivity index (χ0) is 17.0. The topological polar surface area (TPSA) is 18.8 Å². The maximum atomic E-state index is 13.1. The van der Waals surface area contributed by atoms with E-state index in [0.29, 0.717) is 5.02 Å². The van der Waals surface area contributed by atoms with Crippen molar-refractivity contribution in [2.45, 2.75) is 13.8 Å². The molecule has 5 heteroatoms. The third kappa shape index (κ3) is 4.23. The number of nitrogens with zero attached hydrogens (tertiary/aromatic N) is 3. The summed E-state index contributed by atoms with van der Waals surface area (Å²) in [4.78, 5) is 8.38. The Morgan fingerprint density at radius 2 is 1.83 bits per heavy atom. The first-order valence-electron chi connectivity index (χ1n) is 7.46. The fourth-order valence-electron chi connectivity index (χ4n) is 2.16. The summed E-state index contributed by atoms with van der Waals surface area (Å²) in [6, 6.07) is 10.2. The molecule has 0 N–H and O–H groups in total. The average Bonchev–Trinajstić information content (AvgIpc) is 2.55. The minimum atomic E-state index is -0.248. The van der Waals surface area contributed by atoms with E-state index in [4.69, 9.17) is 11.6 Å². The van der Waals surface area contributed by atoms with Gasteiger partial charge in [-0.1, -0.05) is 11.6 Å². The smallest absolute Gasteiger partial charge is 0.123 e. The van der Waals surface area contributed by atoms with E-state index in [0.717, 1.165) is 29.2 Å². The van der Waals surface area contributed by atoms with Crippen LogP contribution in [0.5, 0.6) is 0 Å². The molecule has 3 nitrogen and oxygen atoms in total. The van der Waals surface area contributed by atoms with Gasteiger partial charge < -0.3 is 9.80 Å². The predicted molar refractivity (Wildman–Crippen MR) is 97.1 cm³/mol. The Kier molecular flexibility index (Phi) is 5.61. The van der Waals surface area contributed by atoms with Gasteiger partial charge in [0.05, 0.1) is 17.0 Å². The van der Waals surface area contributed by atoms with Gasteiger partial charge in [-0.3, -0.25) is 0 Å². The Labute approximate surface area is 142 Å². The molecular weight excluding hydrogens is 313 g/mol. The minimum Gasteiger partial charge on any atom is -0.366 e. The number of benzene rings is 2. The third-order valence-electron chi connectivity index (χ3n) is 3.73. The van der Waals surface area contributed by atoms with Crippen molar-refractivity contribution in [1.29, 1.82) is 0 Å². The Balaban J connectivity index is 2.32. The first kappa shape index (κ1) is 17.3. The molecule has 0 atom stereocenters. The summed E-state index contributed by atoms with van der Waals surface area (Å²) < 4.78 is 13.1. The number of anilines is 2. The largest absolute Gasteiger partial charge is 0.366 e. The lowest BCUT2D eigenvalue weighted by Gasteiger charge is -2.22. The van der Waals surface area contributed by atoms with Crippen molar-refractivity contribution < 1.29 is 4.39 Å². The van der Waals surface area contributed by atoms with Gasteiger partial charge in [0.2, 0.25) is 0 Å². The fourth-order valence-corrected chi connectivity index (χ4v) is 2.37. The molecular formula is C18H21ClFN3. The number of aliphatic imine (C=N–C) groups is 1. The van der Waals surface area contributed by atoms with Gasteiger partial charge in [0.15, 0.2) is 0 Å². The highest BCUT2D eigenvalue weighted by atomic mass is 35.5. The molecule has 2 aromatic carbocycles. The lowest BCUT2D eigenvalue weighted by Crippen LogP contribution is -2.14. The molecule has 0 aliphatic rings. The summed E-state index contributed by atoms with van der Waals surface area (Å²) in [7, 11) is 3.89. The van der Waals surface area contributed by atoms with Crippen molar-refractivity contribution in [3.8, 4) is 0 Å². The van der Waals surface area contributed by atoms with Crippen molar-refractivity contribution in [3.05, 3.63) is 52.8 Å². The summed E-state index contributed by atoms with van der Waals surface area (Å²) in [6.45, 7) is 4.94. The molecule has 0 amide bonds. The second-order valence-corrected chi connectivity index (χ2v) is 5.85. The summed E-state index contributed by atoms with van der Waals surface area (Å²) >= 11 is 6.37. The highest BCUT2D eigenvalue weighted by molar-refractivity contribution is 6.33. The number of aryl methyl sites for hydroxylation is 1. The first-order chi connectivity index (χ1) is 10.9. The second-order valence-electron chi connectivity index (χ2n) is 5.44. The third-order valence-corrected chi connectivity index (χ3v) is 4.04. The molecule has 0 unspecified atom stereocenters. The van der Waals surface area contributed by atoms with E-state index < -0.39 is 0 Å². The molecule has 2 aromatic rings. The van der Waals surface area contributed by atoms with Crippen molar-refractivity contribution in [2.75, 3.05) is 25.5 Å². The Morgan fingerprint density at radius 1 is 1.17 bits per heavy atom. The summed E-state index contributed by atoms with van der Waals surface area (Å²) in [5.41, 5.74) is 3.64. The molecule has 0 saturated carbocycles. The van der Waals surface area contributed by atoms with Crippen molar-refractivity contribution in [2.24, 2.45) is 4.99 Å². The van der Waals surface area contributed by atoms with Crippen molar-refractivity contribution in [3.63, 3.8) is 0 Å². The predicted octanol–water partition coefficient (Wildman–Crippen LogP) is 5.17. The lowest BCUT2D eigenvalue weighted by atomic mass is 10.1. The molecule has 0 aliphatic heterocycles. The Bertz CT molecular complexity index is 698. The monoisotopic (exact) mass is 333 g/mol. The Morgan fingerprint density at radius 3 is 2.43 bits per heavy atom. The molecule has 2 rings (SSSR count). The van der Waals surface area contributed by atoms with Crippen molar-refractivity contribution >= 4 is 35.0 Å². The summed E-state index contributed by atoms with van der Waals surface area (Å²) in [5.74, 6) is -0.248. The minimum absolute atomic E-state index is 0.248. The molecule has 0 aliphatic carbocycles. The van der Waals surface area contributed by atoms with Crippen LogP contribution in [0.3, 0.4) is 0 Å². The van der Waals surface area contributed by atoms with E-state index in [-0.39, 0.29) is 5.82 Å². The molecule has 122 valence electrons. The summed E-state index contributed by atoms with van der Waals surface area (Å²) in [6.07, 6.45) is 1.77. The zero-order valence-electron chi connectivity index (χ0n) is 13.8. The van der Waals surface area contributed by atoms with Gasteiger partial charge in [0.1, 0.15) is 5.82 Å². The maximum Gasteiger partial charge on any atom is 0.123 e. The molecule has 0 heterocycles. The van der Waals surface area contributed by atoms with Crippen LogP contribution in [0.4, 0.5) is 21.5 Å². The maximum absolute atomic E-state index is 13.1. The van der Waals surface area contributed by atoms with Gasteiger partial charge >= 0.3 is 0 Å². The molecule has 0 fully saturated rings. The van der Waals surface area contributed by atoms with Crippen LogP contribution in [-0.2, 0) is 0 Å². The molecule has 0 spiro atoms. The standard InChI is InChI=1S/C18H21ClFN3/c1-5-22(3)12-21-17-10-13(2)18(11-16(17)19)23(4)15-8-6-14(20)7-9-15/h6-12H,5H2,1-4H3. The van der Waals surface area contributed by atoms with Crippen LogP contribution in [0.25, 0.3) is 0 Å². The quantitative estimate of drug-likeness (QED) is 0.555. The van der Waals surface area contributed by atoms with Crippen LogP contribution in [0.1, 0.15) is 12.5 Å². The van der Waals surface area contributed by atoms with Crippen LogP contribution in [0.15, 0.2) is 41.4 Å². The van der Waals surface area contributed by atoms with Crippen molar-refractivity contribution in [1.82, 2.24) is 4.90 Å². The average molecular weight is 334 g/mol. The van der Waals surface area contributed by atoms with Crippen LogP contribution < -0.4 is 4.90 Å². The molecule has 0 aromatic heterocycles. The van der Waals surface area contributed by atoms with Crippen LogP contribution in [0, 0.1) is 12.7 Å². The molecule has 0 radical (unpaired) electrons. The number of halogens is 2. The van der Waals surface area contributed by atoms with E-state index in [1.165, 1.54) is 12.1 Å². The Hall–Kier alpha value is -2.07. The normalized spacial score (nSPS) is 11.0. The van der Waals surface area contributed by atoms with Gasteiger partial charge in [-0.15, -0.1) is 0 Å².